The first-order chi connectivity index (χ1) is 8.99. The van der Waals surface area contributed by atoms with Crippen LogP contribution in [-0.4, -0.2) is 28.7 Å². The third kappa shape index (κ3) is 3.24. The van der Waals surface area contributed by atoms with Crippen molar-refractivity contribution < 1.29 is 27.9 Å². The molecule has 0 aliphatic heterocycles. The Hall–Kier alpha value is -1.28. The molecule has 0 fully saturated rings. The summed E-state index contributed by atoms with van der Waals surface area (Å²) in [6, 6.07) is 3.70. The zero-order valence-electron chi connectivity index (χ0n) is 9.89. The average molecular weight is 375 g/mol. The molecule has 0 aliphatic rings. The molecular formula is C11H8BrClF3NO3. The number of benzene rings is 1. The van der Waals surface area contributed by atoms with Gasteiger partial charge in [0.15, 0.2) is 0 Å². The number of carbonyl (C=O) groups is 2. The predicted molar refractivity (Wildman–Crippen MR) is 68.7 cm³/mol. The molecule has 9 heteroatoms. The second-order valence-corrected chi connectivity index (χ2v) is 5.27. The van der Waals surface area contributed by atoms with Crippen molar-refractivity contribution in [3.63, 3.8) is 0 Å². The van der Waals surface area contributed by atoms with Crippen LogP contribution in [-0.2, 0) is 4.79 Å². The molecule has 1 atom stereocenters. The van der Waals surface area contributed by atoms with Gasteiger partial charge in [-0.15, -0.1) is 0 Å². The predicted octanol–water partition coefficient (Wildman–Crippen LogP) is 3.24. The highest BCUT2D eigenvalue weighted by molar-refractivity contribution is 9.10. The molecule has 2 N–H and O–H groups in total. The number of carboxylic acids is 1. The van der Waals surface area contributed by atoms with Gasteiger partial charge in [0.05, 0.1) is 5.02 Å². The lowest BCUT2D eigenvalue weighted by Crippen LogP contribution is -2.61. The third-order valence-electron chi connectivity index (χ3n) is 2.54. The molecule has 0 radical (unpaired) electrons. The molecule has 0 saturated carbocycles. The Balaban J connectivity index is 3.09. The first-order valence-electron chi connectivity index (χ1n) is 5.06. The van der Waals surface area contributed by atoms with Gasteiger partial charge in [0.2, 0.25) is 5.54 Å². The van der Waals surface area contributed by atoms with Crippen LogP contribution in [0, 0.1) is 0 Å². The van der Waals surface area contributed by atoms with Crippen LogP contribution >= 0.6 is 27.5 Å². The Kier molecular flexibility index (Phi) is 4.70. The van der Waals surface area contributed by atoms with E-state index in [2.05, 4.69) is 15.9 Å². The van der Waals surface area contributed by atoms with Crippen molar-refractivity contribution in [2.24, 2.45) is 0 Å². The van der Waals surface area contributed by atoms with E-state index >= 15 is 0 Å². The number of carboxylic acid groups (broad SMARTS) is 1. The van der Waals surface area contributed by atoms with Crippen LogP contribution in [0.1, 0.15) is 17.3 Å². The van der Waals surface area contributed by atoms with Gasteiger partial charge in [-0.1, -0.05) is 11.6 Å². The molecule has 4 nitrogen and oxygen atoms in total. The quantitative estimate of drug-likeness (QED) is 0.854. The molecule has 0 spiro atoms. The van der Waals surface area contributed by atoms with Gasteiger partial charge in [0, 0.05) is 10.0 Å². The minimum absolute atomic E-state index is 0.113. The number of aliphatic carboxylic acids is 1. The number of amides is 1. The van der Waals surface area contributed by atoms with E-state index in [1.54, 1.807) is 0 Å². The highest BCUT2D eigenvalue weighted by atomic mass is 79.9. The molecule has 1 unspecified atom stereocenters. The molecule has 1 amide bonds. The van der Waals surface area contributed by atoms with Crippen molar-refractivity contribution in [3.05, 3.63) is 33.3 Å². The molecule has 0 aliphatic carbocycles. The second kappa shape index (κ2) is 5.61. The molecule has 0 heterocycles. The van der Waals surface area contributed by atoms with Crippen molar-refractivity contribution in [3.8, 4) is 0 Å². The fraction of sp³-hybridized carbons (Fsp3) is 0.273. The zero-order valence-corrected chi connectivity index (χ0v) is 12.2. The van der Waals surface area contributed by atoms with Crippen LogP contribution in [0.5, 0.6) is 0 Å². The van der Waals surface area contributed by atoms with Gasteiger partial charge < -0.3 is 10.4 Å². The van der Waals surface area contributed by atoms with Crippen LogP contribution in [0.3, 0.4) is 0 Å². The van der Waals surface area contributed by atoms with E-state index in [0.29, 0.717) is 11.4 Å². The lowest BCUT2D eigenvalue weighted by Gasteiger charge is -2.28. The molecule has 20 heavy (non-hydrogen) atoms. The fourth-order valence-electron chi connectivity index (χ4n) is 1.18. The van der Waals surface area contributed by atoms with Gasteiger partial charge in [-0.2, -0.15) is 13.2 Å². The number of hydrogen-bond donors (Lipinski definition) is 2. The highest BCUT2D eigenvalue weighted by Gasteiger charge is 2.58. The summed E-state index contributed by atoms with van der Waals surface area (Å²) in [4.78, 5) is 22.5. The Labute approximate surface area is 125 Å². The summed E-state index contributed by atoms with van der Waals surface area (Å²) in [5.74, 6) is -3.40. The number of nitrogens with one attached hydrogen (secondary N) is 1. The number of rotatable bonds is 3. The minimum Gasteiger partial charge on any atom is -0.479 e. The normalized spacial score (nSPS) is 14.5. The van der Waals surface area contributed by atoms with Gasteiger partial charge in [0.25, 0.3) is 5.91 Å². The molecule has 1 rings (SSSR count). The zero-order chi connectivity index (χ0) is 15.7. The SMILES string of the molecule is CC(NC(=O)c1ccc(Br)c(Cl)c1)(C(=O)O)C(F)(F)F. The van der Waals surface area contributed by atoms with E-state index < -0.39 is 23.6 Å². The van der Waals surface area contributed by atoms with E-state index in [-0.39, 0.29) is 10.6 Å². The van der Waals surface area contributed by atoms with Crippen molar-refractivity contribution in [1.29, 1.82) is 0 Å². The summed E-state index contributed by atoms with van der Waals surface area (Å²) in [5.41, 5.74) is -3.57. The Morgan fingerprint density at radius 3 is 2.30 bits per heavy atom. The van der Waals surface area contributed by atoms with Crippen LogP contribution in [0.25, 0.3) is 0 Å². The van der Waals surface area contributed by atoms with E-state index in [4.69, 9.17) is 16.7 Å². The van der Waals surface area contributed by atoms with Crippen molar-refractivity contribution in [2.45, 2.75) is 18.6 Å². The summed E-state index contributed by atoms with van der Waals surface area (Å²) in [5, 5.41) is 10.3. The molecular weight excluding hydrogens is 366 g/mol. The number of hydrogen-bond acceptors (Lipinski definition) is 2. The standard InChI is InChI=1S/C11H8BrClF3NO3/c1-10(9(19)20,11(14,15)16)17-8(18)5-2-3-6(12)7(13)4-5/h2-4H,1H3,(H,17,18)(H,19,20). The first kappa shape index (κ1) is 16.8. The van der Waals surface area contributed by atoms with E-state index in [1.807, 2.05) is 0 Å². The Bertz CT molecular complexity index is 564. The van der Waals surface area contributed by atoms with Crippen LogP contribution in [0.4, 0.5) is 13.2 Å². The summed E-state index contributed by atoms with van der Waals surface area (Å²) in [7, 11) is 0. The smallest absolute Gasteiger partial charge is 0.422 e. The van der Waals surface area contributed by atoms with Crippen LogP contribution in [0.15, 0.2) is 22.7 Å². The van der Waals surface area contributed by atoms with E-state index in [0.717, 1.165) is 6.07 Å². The summed E-state index contributed by atoms with van der Waals surface area (Å²) in [6.07, 6.45) is -5.15. The van der Waals surface area contributed by atoms with Gasteiger partial charge in [-0.3, -0.25) is 4.79 Å². The van der Waals surface area contributed by atoms with Crippen LogP contribution in [0.2, 0.25) is 5.02 Å². The monoisotopic (exact) mass is 373 g/mol. The maximum absolute atomic E-state index is 12.7. The molecule has 110 valence electrons. The first-order valence-corrected chi connectivity index (χ1v) is 6.24. The second-order valence-electron chi connectivity index (χ2n) is 4.01. The molecule has 0 saturated heterocycles. The lowest BCUT2D eigenvalue weighted by atomic mass is 10.0. The van der Waals surface area contributed by atoms with Crippen molar-refractivity contribution >= 4 is 39.4 Å². The summed E-state index contributed by atoms with van der Waals surface area (Å²) >= 11 is 8.77. The minimum atomic E-state index is -5.15. The lowest BCUT2D eigenvalue weighted by molar-refractivity contribution is -0.203. The van der Waals surface area contributed by atoms with Gasteiger partial charge in [-0.05, 0) is 41.1 Å². The summed E-state index contributed by atoms with van der Waals surface area (Å²) in [6.45, 7) is 0.369. The molecule has 0 bridgehead atoms. The maximum atomic E-state index is 12.7. The van der Waals surface area contributed by atoms with E-state index in [1.165, 1.54) is 17.4 Å². The largest absolute Gasteiger partial charge is 0.479 e. The molecule has 1 aromatic carbocycles. The third-order valence-corrected chi connectivity index (χ3v) is 3.77. The fourth-order valence-corrected chi connectivity index (χ4v) is 1.61. The Morgan fingerprint density at radius 2 is 1.90 bits per heavy atom. The highest BCUT2D eigenvalue weighted by Crippen LogP contribution is 2.31. The average Bonchev–Trinajstić information content (AvgIpc) is 2.30. The molecule has 1 aromatic rings. The van der Waals surface area contributed by atoms with Crippen molar-refractivity contribution in [2.75, 3.05) is 0 Å². The van der Waals surface area contributed by atoms with Gasteiger partial charge >= 0.3 is 12.1 Å². The van der Waals surface area contributed by atoms with E-state index in [9.17, 15) is 22.8 Å². The van der Waals surface area contributed by atoms with Crippen LogP contribution < -0.4 is 5.32 Å². The number of halogens is 5. The number of alkyl halides is 3. The van der Waals surface area contributed by atoms with Crippen molar-refractivity contribution in [1.82, 2.24) is 5.32 Å². The summed E-state index contributed by atoms with van der Waals surface area (Å²) < 4.78 is 38.7. The molecule has 0 aromatic heterocycles. The van der Waals surface area contributed by atoms with Gasteiger partial charge in [-0.25, -0.2) is 4.79 Å². The Morgan fingerprint density at radius 1 is 1.35 bits per heavy atom. The maximum Gasteiger partial charge on any atom is 0.422 e. The number of carbonyl (C=O) groups excluding carboxylic acids is 1. The topological polar surface area (TPSA) is 66.4 Å². The van der Waals surface area contributed by atoms with Gasteiger partial charge in [0.1, 0.15) is 0 Å².